The molecule has 2 rings (SSSR count). The van der Waals surface area contributed by atoms with Crippen molar-refractivity contribution in [3.05, 3.63) is 54.2 Å². The van der Waals surface area contributed by atoms with Crippen LogP contribution >= 0.6 is 0 Å². The topological polar surface area (TPSA) is 110 Å². The third-order valence-electron chi connectivity index (χ3n) is 2.98. The average molecular weight is 349 g/mol. The van der Waals surface area contributed by atoms with E-state index in [-0.39, 0.29) is 12.3 Å². The summed E-state index contributed by atoms with van der Waals surface area (Å²) in [5.41, 5.74) is 4.30. The van der Waals surface area contributed by atoms with E-state index >= 15 is 0 Å². The van der Waals surface area contributed by atoms with Gasteiger partial charge in [0.05, 0.1) is 12.8 Å². The normalized spacial score (nSPS) is 11.3. The minimum Gasteiger partial charge on any atom is -0.481 e. The number of hydrogen-bond acceptors (Lipinski definition) is 5. The molecule has 0 saturated heterocycles. The lowest BCUT2D eigenvalue weighted by molar-refractivity contribution is -0.132. The maximum Gasteiger partial charge on any atom is 0.287 e. The molecule has 0 bridgehead atoms. The molecule has 1 heterocycles. The van der Waals surface area contributed by atoms with Crippen LogP contribution in [0.4, 0.5) is 4.39 Å². The van der Waals surface area contributed by atoms with Gasteiger partial charge in [-0.05, 0) is 43.3 Å². The SMILES string of the molecule is C[C@H](Oc1ccc(F)cc1)C(=O)NNC(=O)CNC(=O)c1ccco1. The lowest BCUT2D eigenvalue weighted by atomic mass is 10.3. The van der Waals surface area contributed by atoms with Crippen molar-refractivity contribution in [2.75, 3.05) is 6.54 Å². The molecule has 0 spiro atoms. The van der Waals surface area contributed by atoms with Crippen LogP contribution in [0.25, 0.3) is 0 Å². The highest BCUT2D eigenvalue weighted by Gasteiger charge is 2.16. The van der Waals surface area contributed by atoms with E-state index in [2.05, 4.69) is 16.2 Å². The Bertz CT molecular complexity index is 731. The predicted molar refractivity (Wildman–Crippen MR) is 83.8 cm³/mol. The molecule has 9 heteroatoms. The molecule has 0 unspecified atom stereocenters. The molecule has 0 fully saturated rings. The van der Waals surface area contributed by atoms with Crippen LogP contribution in [0.1, 0.15) is 17.5 Å². The van der Waals surface area contributed by atoms with E-state index in [0.717, 1.165) is 0 Å². The zero-order valence-electron chi connectivity index (χ0n) is 13.2. The average Bonchev–Trinajstić information content (AvgIpc) is 3.14. The van der Waals surface area contributed by atoms with Crippen LogP contribution in [0.5, 0.6) is 5.75 Å². The number of carbonyl (C=O) groups is 3. The zero-order chi connectivity index (χ0) is 18.2. The van der Waals surface area contributed by atoms with Crippen LogP contribution in [-0.4, -0.2) is 30.4 Å². The van der Waals surface area contributed by atoms with Gasteiger partial charge in [0.2, 0.25) is 0 Å². The first kappa shape index (κ1) is 18.0. The van der Waals surface area contributed by atoms with Gasteiger partial charge in [0, 0.05) is 0 Å². The number of hydrazine groups is 1. The predicted octanol–water partition coefficient (Wildman–Crippen LogP) is 0.763. The molecule has 2 aromatic rings. The summed E-state index contributed by atoms with van der Waals surface area (Å²) in [5, 5.41) is 2.32. The smallest absolute Gasteiger partial charge is 0.287 e. The van der Waals surface area contributed by atoms with Crippen molar-refractivity contribution in [2.45, 2.75) is 13.0 Å². The summed E-state index contributed by atoms with van der Waals surface area (Å²) in [6, 6.07) is 8.14. The van der Waals surface area contributed by atoms with Crippen molar-refractivity contribution >= 4 is 17.7 Å². The summed E-state index contributed by atoms with van der Waals surface area (Å²) in [7, 11) is 0. The van der Waals surface area contributed by atoms with Crippen molar-refractivity contribution in [1.82, 2.24) is 16.2 Å². The second-order valence-electron chi connectivity index (χ2n) is 4.91. The lowest BCUT2D eigenvalue weighted by Crippen LogP contribution is -2.50. The summed E-state index contributed by atoms with van der Waals surface area (Å²) >= 11 is 0. The molecule has 1 aromatic carbocycles. The van der Waals surface area contributed by atoms with Gasteiger partial charge in [-0.2, -0.15) is 0 Å². The van der Waals surface area contributed by atoms with E-state index in [9.17, 15) is 18.8 Å². The molecule has 0 aliphatic carbocycles. The number of nitrogens with one attached hydrogen (secondary N) is 3. The first-order valence-electron chi connectivity index (χ1n) is 7.28. The number of benzene rings is 1. The van der Waals surface area contributed by atoms with Gasteiger partial charge in [-0.25, -0.2) is 4.39 Å². The van der Waals surface area contributed by atoms with Gasteiger partial charge in [-0.15, -0.1) is 0 Å². The second kappa shape index (κ2) is 8.48. The van der Waals surface area contributed by atoms with Gasteiger partial charge in [0.25, 0.3) is 17.7 Å². The Balaban J connectivity index is 1.70. The molecule has 3 amide bonds. The number of furan rings is 1. The Morgan fingerprint density at radius 1 is 1.16 bits per heavy atom. The molecular formula is C16H16FN3O5. The van der Waals surface area contributed by atoms with Crippen molar-refractivity contribution in [1.29, 1.82) is 0 Å². The van der Waals surface area contributed by atoms with Crippen LogP contribution in [0.2, 0.25) is 0 Å². The minimum atomic E-state index is -0.927. The highest BCUT2D eigenvalue weighted by atomic mass is 19.1. The van der Waals surface area contributed by atoms with Gasteiger partial charge in [0.1, 0.15) is 11.6 Å². The molecule has 8 nitrogen and oxygen atoms in total. The van der Waals surface area contributed by atoms with Crippen molar-refractivity contribution in [3.8, 4) is 5.75 Å². The zero-order valence-corrected chi connectivity index (χ0v) is 13.2. The summed E-state index contributed by atoms with van der Waals surface area (Å²) in [6.07, 6.45) is 0.404. The third kappa shape index (κ3) is 5.65. The number of hydrogen-bond donors (Lipinski definition) is 3. The number of amides is 3. The molecule has 1 atom stereocenters. The van der Waals surface area contributed by atoms with Crippen molar-refractivity contribution < 1.29 is 27.9 Å². The first-order chi connectivity index (χ1) is 12.0. The van der Waals surface area contributed by atoms with Gasteiger partial charge < -0.3 is 14.5 Å². The summed E-state index contributed by atoms with van der Waals surface area (Å²) in [5.74, 6) is -1.86. The molecule has 0 radical (unpaired) electrons. The molecule has 1 aromatic heterocycles. The van der Waals surface area contributed by atoms with Crippen LogP contribution < -0.4 is 20.9 Å². The van der Waals surface area contributed by atoms with E-state index < -0.39 is 29.6 Å². The standard InChI is InChI=1S/C16H16FN3O5/c1-10(25-12-6-4-11(17)5-7-12)15(22)20-19-14(21)9-18-16(23)13-3-2-8-24-13/h2-8,10H,9H2,1H3,(H,18,23)(H,19,21)(H,20,22)/t10-/m0/s1. The molecule has 25 heavy (non-hydrogen) atoms. The quantitative estimate of drug-likeness (QED) is 0.667. The van der Waals surface area contributed by atoms with E-state index in [1.807, 2.05) is 0 Å². The summed E-state index contributed by atoms with van der Waals surface area (Å²) < 4.78 is 23.0. The van der Waals surface area contributed by atoms with Crippen LogP contribution in [0, 0.1) is 5.82 Å². The Morgan fingerprint density at radius 3 is 2.52 bits per heavy atom. The van der Waals surface area contributed by atoms with E-state index in [1.165, 1.54) is 49.6 Å². The Morgan fingerprint density at radius 2 is 1.88 bits per heavy atom. The maximum atomic E-state index is 12.8. The van der Waals surface area contributed by atoms with Crippen LogP contribution in [0.3, 0.4) is 0 Å². The fourth-order valence-corrected chi connectivity index (χ4v) is 1.70. The second-order valence-corrected chi connectivity index (χ2v) is 4.91. The fourth-order valence-electron chi connectivity index (χ4n) is 1.70. The highest BCUT2D eigenvalue weighted by Crippen LogP contribution is 2.12. The Hall–Kier alpha value is -3.36. The fraction of sp³-hybridized carbons (Fsp3) is 0.188. The Labute approximate surface area is 142 Å². The number of carbonyl (C=O) groups excluding carboxylic acids is 3. The monoisotopic (exact) mass is 349 g/mol. The first-order valence-corrected chi connectivity index (χ1v) is 7.28. The molecule has 0 saturated carbocycles. The summed E-state index contributed by atoms with van der Waals surface area (Å²) in [6.45, 7) is 1.11. The van der Waals surface area contributed by atoms with Gasteiger partial charge in [-0.3, -0.25) is 25.2 Å². The maximum absolute atomic E-state index is 12.8. The van der Waals surface area contributed by atoms with Crippen LogP contribution in [0.15, 0.2) is 47.1 Å². The number of ether oxygens (including phenoxy) is 1. The number of rotatable bonds is 6. The molecular weight excluding hydrogens is 333 g/mol. The Kier molecular flexibility index (Phi) is 6.10. The molecule has 0 aliphatic rings. The molecule has 3 N–H and O–H groups in total. The van der Waals surface area contributed by atoms with E-state index in [1.54, 1.807) is 0 Å². The summed E-state index contributed by atoms with van der Waals surface area (Å²) in [4.78, 5) is 35.0. The minimum absolute atomic E-state index is 0.0677. The van der Waals surface area contributed by atoms with Crippen molar-refractivity contribution in [3.63, 3.8) is 0 Å². The van der Waals surface area contributed by atoms with Gasteiger partial charge >= 0.3 is 0 Å². The van der Waals surface area contributed by atoms with Crippen LogP contribution in [-0.2, 0) is 9.59 Å². The highest BCUT2D eigenvalue weighted by molar-refractivity contribution is 5.94. The van der Waals surface area contributed by atoms with E-state index in [4.69, 9.17) is 9.15 Å². The largest absolute Gasteiger partial charge is 0.481 e. The third-order valence-corrected chi connectivity index (χ3v) is 2.98. The number of halogens is 1. The van der Waals surface area contributed by atoms with Crippen molar-refractivity contribution in [2.24, 2.45) is 0 Å². The molecule has 132 valence electrons. The lowest BCUT2D eigenvalue weighted by Gasteiger charge is -2.15. The van der Waals surface area contributed by atoms with Gasteiger partial charge in [0.15, 0.2) is 11.9 Å². The molecule has 0 aliphatic heterocycles. The van der Waals surface area contributed by atoms with E-state index in [0.29, 0.717) is 5.75 Å². The van der Waals surface area contributed by atoms with Gasteiger partial charge in [-0.1, -0.05) is 0 Å².